The summed E-state index contributed by atoms with van der Waals surface area (Å²) in [7, 11) is 5.73. The van der Waals surface area contributed by atoms with Crippen molar-refractivity contribution in [3.05, 3.63) is 42.9 Å². The Kier molecular flexibility index (Phi) is 2.46. The van der Waals surface area contributed by atoms with Crippen molar-refractivity contribution < 1.29 is 0 Å². The molecule has 54 valence electrons. The molecule has 0 amide bonds. The number of hydrogen-bond acceptors (Lipinski definition) is 1. The van der Waals surface area contributed by atoms with E-state index in [1.54, 1.807) is 0 Å². The Morgan fingerprint density at radius 1 is 1.30 bits per heavy atom. The van der Waals surface area contributed by atoms with Crippen molar-refractivity contribution in [2.45, 2.75) is 6.54 Å². The van der Waals surface area contributed by atoms with E-state index in [0.717, 1.165) is 6.54 Å². The van der Waals surface area contributed by atoms with E-state index < -0.39 is 0 Å². The number of rotatable bonds is 2. The lowest BCUT2D eigenvalue weighted by Crippen LogP contribution is -2.07. The largest absolute Gasteiger partial charge is 0.458 e. The third-order valence-electron chi connectivity index (χ3n) is 1.30. The van der Waals surface area contributed by atoms with E-state index in [2.05, 4.69) is 19.2 Å². The van der Waals surface area contributed by atoms with Crippen LogP contribution in [0.3, 0.4) is 0 Å². The first kappa shape index (κ1) is 7.29. The molecule has 0 aliphatic heterocycles. The first-order valence-electron chi connectivity index (χ1n) is 3.34. The van der Waals surface area contributed by atoms with Crippen LogP contribution in [0.25, 0.3) is 0 Å². The van der Waals surface area contributed by atoms with Crippen molar-refractivity contribution in [1.29, 1.82) is 0 Å². The Morgan fingerprint density at radius 2 is 1.90 bits per heavy atom. The monoisotopic (exact) mass is 134 g/mol. The molecule has 0 aliphatic rings. The van der Waals surface area contributed by atoms with Crippen LogP contribution >= 0.6 is 0 Å². The van der Waals surface area contributed by atoms with Gasteiger partial charge in [0, 0.05) is 0 Å². The molecule has 0 unspecified atom stereocenters. The molecule has 0 saturated heterocycles. The normalized spacial score (nSPS) is 10.3. The summed E-state index contributed by atoms with van der Waals surface area (Å²) in [5.74, 6) is 0. The van der Waals surface area contributed by atoms with E-state index in [1.165, 1.54) is 5.56 Å². The Morgan fingerprint density at radius 3 is 2.40 bits per heavy atom. The lowest BCUT2D eigenvalue weighted by atomic mass is 10.2. The van der Waals surface area contributed by atoms with Crippen molar-refractivity contribution in [1.82, 2.24) is 4.90 Å². The number of benzene rings is 1. The Labute approximate surface area is 62.3 Å². The van der Waals surface area contributed by atoms with Crippen LogP contribution in [-0.4, -0.2) is 11.9 Å². The fraction of sp³-hybridized carbons (Fsp3) is 0.222. The van der Waals surface area contributed by atoms with Crippen LogP contribution in [0, 0.1) is 7.05 Å². The van der Waals surface area contributed by atoms with Gasteiger partial charge in [-0.3, -0.25) is 7.05 Å². The summed E-state index contributed by atoms with van der Waals surface area (Å²) in [4.78, 5) is 1.91. The molecular formula is C9H12N-. The molecule has 1 heteroatoms. The maximum atomic E-state index is 3.77. The van der Waals surface area contributed by atoms with Gasteiger partial charge in [0.15, 0.2) is 0 Å². The summed E-state index contributed by atoms with van der Waals surface area (Å²) in [5, 5.41) is 0. The summed E-state index contributed by atoms with van der Waals surface area (Å²) in [6.45, 7) is 0.918. The number of hydrogen-bond donors (Lipinski definition) is 0. The van der Waals surface area contributed by atoms with Crippen LogP contribution in [0.5, 0.6) is 0 Å². The minimum atomic E-state index is 0.918. The van der Waals surface area contributed by atoms with E-state index in [4.69, 9.17) is 0 Å². The highest BCUT2D eigenvalue weighted by Crippen LogP contribution is 2.00. The van der Waals surface area contributed by atoms with Crippen LogP contribution in [0.2, 0.25) is 0 Å². The molecule has 0 aliphatic carbocycles. The summed E-state index contributed by atoms with van der Waals surface area (Å²) in [5.41, 5.74) is 1.31. The highest BCUT2D eigenvalue weighted by molar-refractivity contribution is 5.14. The van der Waals surface area contributed by atoms with Gasteiger partial charge in [0.05, 0.1) is 0 Å². The summed E-state index contributed by atoms with van der Waals surface area (Å²) in [6, 6.07) is 10.3. The van der Waals surface area contributed by atoms with Gasteiger partial charge < -0.3 is 4.90 Å². The molecule has 1 aromatic rings. The van der Waals surface area contributed by atoms with Crippen LogP contribution in [0.15, 0.2) is 30.3 Å². The lowest BCUT2D eigenvalue weighted by Gasteiger charge is -2.17. The first-order chi connectivity index (χ1) is 4.79. The summed E-state index contributed by atoms with van der Waals surface area (Å²) >= 11 is 0. The van der Waals surface area contributed by atoms with Crippen LogP contribution in [0.4, 0.5) is 0 Å². The van der Waals surface area contributed by atoms with E-state index >= 15 is 0 Å². The zero-order chi connectivity index (χ0) is 7.40. The third-order valence-corrected chi connectivity index (χ3v) is 1.30. The smallest absolute Gasteiger partial charge is 0.00469 e. The maximum Gasteiger partial charge on any atom is -0.00469 e. The minimum Gasteiger partial charge on any atom is -0.458 e. The van der Waals surface area contributed by atoms with Gasteiger partial charge in [0.2, 0.25) is 0 Å². The highest BCUT2D eigenvalue weighted by atomic mass is 15.0. The molecule has 0 saturated carbocycles. The average molecular weight is 134 g/mol. The second kappa shape index (κ2) is 3.37. The Bertz CT molecular complexity index is 179. The Hall–Kier alpha value is -0.820. The molecule has 0 fully saturated rings. The molecule has 0 N–H and O–H groups in total. The molecule has 0 radical (unpaired) electrons. The van der Waals surface area contributed by atoms with Crippen molar-refractivity contribution >= 4 is 0 Å². The van der Waals surface area contributed by atoms with Crippen LogP contribution < -0.4 is 0 Å². The van der Waals surface area contributed by atoms with Crippen LogP contribution in [0.1, 0.15) is 5.56 Å². The van der Waals surface area contributed by atoms with Crippen molar-refractivity contribution in [2.75, 3.05) is 7.05 Å². The van der Waals surface area contributed by atoms with Gasteiger partial charge in [-0.25, -0.2) is 0 Å². The molecule has 10 heavy (non-hydrogen) atoms. The summed E-state index contributed by atoms with van der Waals surface area (Å²) in [6.07, 6.45) is 0. The van der Waals surface area contributed by atoms with E-state index in [1.807, 2.05) is 30.1 Å². The fourth-order valence-corrected chi connectivity index (χ4v) is 0.895. The first-order valence-corrected chi connectivity index (χ1v) is 3.34. The second-order valence-corrected chi connectivity index (χ2v) is 2.50. The molecule has 1 rings (SSSR count). The third kappa shape index (κ3) is 2.19. The standard InChI is InChI=1S/C9H12N/c1-10(2)8-9-6-4-3-5-7-9/h3-7H,1,8H2,2H3/q-1. The van der Waals surface area contributed by atoms with Gasteiger partial charge in [-0.05, 0) is 19.2 Å². The molecule has 0 atom stereocenters. The van der Waals surface area contributed by atoms with E-state index in [-0.39, 0.29) is 0 Å². The van der Waals surface area contributed by atoms with Gasteiger partial charge >= 0.3 is 0 Å². The van der Waals surface area contributed by atoms with Gasteiger partial charge in [0.1, 0.15) is 0 Å². The molecule has 1 aromatic carbocycles. The van der Waals surface area contributed by atoms with Crippen molar-refractivity contribution in [3.8, 4) is 0 Å². The second-order valence-electron chi connectivity index (χ2n) is 2.50. The lowest BCUT2D eigenvalue weighted by molar-refractivity contribution is 0.445. The van der Waals surface area contributed by atoms with Gasteiger partial charge in [-0.2, -0.15) is 0 Å². The molecular weight excluding hydrogens is 122 g/mol. The highest BCUT2D eigenvalue weighted by Gasteiger charge is 1.86. The van der Waals surface area contributed by atoms with Crippen LogP contribution in [-0.2, 0) is 6.54 Å². The van der Waals surface area contributed by atoms with Gasteiger partial charge in [-0.1, -0.05) is 30.3 Å². The summed E-state index contributed by atoms with van der Waals surface area (Å²) < 4.78 is 0. The van der Waals surface area contributed by atoms with E-state index in [0.29, 0.717) is 0 Å². The Balaban J connectivity index is 2.59. The zero-order valence-corrected chi connectivity index (χ0v) is 6.25. The molecule has 1 nitrogen and oxygen atoms in total. The van der Waals surface area contributed by atoms with Crippen molar-refractivity contribution in [3.63, 3.8) is 0 Å². The molecule has 0 aromatic heterocycles. The predicted molar refractivity (Wildman–Crippen MR) is 43.3 cm³/mol. The predicted octanol–water partition coefficient (Wildman–Crippen LogP) is 1.91. The quantitative estimate of drug-likeness (QED) is 0.558. The SMILES string of the molecule is [CH2-]N(C)Cc1ccccc1. The molecule has 0 heterocycles. The number of nitrogens with zero attached hydrogens (tertiary/aromatic N) is 1. The van der Waals surface area contributed by atoms with Gasteiger partial charge in [-0.15, -0.1) is 0 Å². The van der Waals surface area contributed by atoms with E-state index in [9.17, 15) is 0 Å². The zero-order valence-electron chi connectivity index (χ0n) is 6.25. The molecule has 0 bridgehead atoms. The molecule has 0 spiro atoms. The maximum absolute atomic E-state index is 3.77. The van der Waals surface area contributed by atoms with Crippen molar-refractivity contribution in [2.24, 2.45) is 0 Å². The topological polar surface area (TPSA) is 3.24 Å². The minimum absolute atomic E-state index is 0.918. The fourth-order valence-electron chi connectivity index (χ4n) is 0.895. The van der Waals surface area contributed by atoms with Gasteiger partial charge in [0.25, 0.3) is 0 Å². The average Bonchev–Trinajstić information content (AvgIpc) is 1.88.